The normalized spacial score (nSPS) is 12.8. The third-order valence-corrected chi connectivity index (χ3v) is 4.34. The Morgan fingerprint density at radius 3 is 2.35 bits per heavy atom. The molecule has 0 bridgehead atoms. The van der Waals surface area contributed by atoms with E-state index in [0.29, 0.717) is 11.4 Å². The van der Waals surface area contributed by atoms with E-state index in [2.05, 4.69) is 21.2 Å². The van der Waals surface area contributed by atoms with Crippen molar-refractivity contribution >= 4 is 33.5 Å². The van der Waals surface area contributed by atoms with Gasteiger partial charge in [-0.15, -0.1) is 0 Å². The Balaban J connectivity index is 1.91. The summed E-state index contributed by atoms with van der Waals surface area (Å²) in [6, 6.07) is 12.9. The zero-order valence-corrected chi connectivity index (χ0v) is 16.8. The molecule has 0 aliphatic rings. The van der Waals surface area contributed by atoms with Crippen LogP contribution in [0.4, 0.5) is 5.69 Å². The molecule has 0 aliphatic carbocycles. The lowest BCUT2D eigenvalue weighted by molar-refractivity contribution is -0.159. The van der Waals surface area contributed by atoms with Crippen molar-refractivity contribution < 1.29 is 19.1 Å². The van der Waals surface area contributed by atoms with E-state index in [4.69, 9.17) is 9.47 Å². The van der Waals surface area contributed by atoms with Crippen LogP contribution in [0.5, 0.6) is 5.75 Å². The number of aryl methyl sites for hydroxylation is 2. The van der Waals surface area contributed by atoms with Crippen LogP contribution in [0.15, 0.2) is 46.9 Å². The number of rotatable bonds is 6. The summed E-state index contributed by atoms with van der Waals surface area (Å²) in [5, 5.41) is 2.73. The van der Waals surface area contributed by atoms with Crippen LogP contribution >= 0.6 is 15.9 Å². The molecule has 1 N–H and O–H groups in total. The number of esters is 1. The minimum absolute atomic E-state index is 0.411. The Morgan fingerprint density at radius 1 is 1.00 bits per heavy atom. The number of anilines is 1. The van der Waals surface area contributed by atoms with Gasteiger partial charge in [0.05, 0.1) is 5.69 Å². The summed E-state index contributed by atoms with van der Waals surface area (Å²) in [7, 11) is 0. The monoisotopic (exact) mass is 419 g/mol. The molecule has 0 aromatic heterocycles. The predicted octanol–water partition coefficient (Wildman–Crippen LogP) is 4.40. The van der Waals surface area contributed by atoms with E-state index >= 15 is 0 Å². The van der Waals surface area contributed by atoms with E-state index < -0.39 is 24.1 Å². The maximum absolute atomic E-state index is 12.3. The molecule has 0 heterocycles. The second-order valence-corrected chi connectivity index (χ2v) is 6.98. The Bertz CT molecular complexity index is 806. The molecule has 0 spiro atoms. The highest BCUT2D eigenvalue weighted by molar-refractivity contribution is 9.10. The first-order valence-corrected chi connectivity index (χ1v) is 9.06. The first-order valence-electron chi connectivity index (χ1n) is 8.27. The molecule has 2 aromatic rings. The van der Waals surface area contributed by atoms with Crippen LogP contribution in [0.1, 0.15) is 25.0 Å². The molecule has 2 atom stereocenters. The number of nitrogens with one attached hydrogen (secondary N) is 1. The second-order valence-electron chi connectivity index (χ2n) is 6.13. The fourth-order valence-electron chi connectivity index (χ4n) is 2.22. The Labute approximate surface area is 161 Å². The van der Waals surface area contributed by atoms with Gasteiger partial charge < -0.3 is 14.8 Å². The van der Waals surface area contributed by atoms with Crippen molar-refractivity contribution in [3.63, 3.8) is 0 Å². The molecule has 0 saturated carbocycles. The number of halogens is 1. The first-order chi connectivity index (χ1) is 12.3. The summed E-state index contributed by atoms with van der Waals surface area (Å²) in [6.07, 6.45) is -1.77. The molecule has 6 heteroatoms. The van der Waals surface area contributed by atoms with Crippen molar-refractivity contribution in [2.75, 3.05) is 5.32 Å². The van der Waals surface area contributed by atoms with Gasteiger partial charge in [-0.2, -0.15) is 0 Å². The molecule has 1 amide bonds. The molecule has 0 unspecified atom stereocenters. The lowest BCUT2D eigenvalue weighted by Crippen LogP contribution is -2.35. The van der Waals surface area contributed by atoms with Gasteiger partial charge in [-0.1, -0.05) is 18.2 Å². The van der Waals surface area contributed by atoms with E-state index in [-0.39, 0.29) is 0 Å². The average Bonchev–Trinajstić information content (AvgIpc) is 2.57. The highest BCUT2D eigenvalue weighted by atomic mass is 79.9. The Hall–Kier alpha value is -2.34. The number of carbonyl (C=O) groups is 2. The summed E-state index contributed by atoms with van der Waals surface area (Å²) >= 11 is 3.40. The van der Waals surface area contributed by atoms with Crippen molar-refractivity contribution in [3.05, 3.63) is 58.1 Å². The zero-order valence-electron chi connectivity index (χ0n) is 15.2. The summed E-state index contributed by atoms with van der Waals surface area (Å²) < 4.78 is 11.6. The van der Waals surface area contributed by atoms with Crippen LogP contribution in [0, 0.1) is 13.8 Å². The first kappa shape index (κ1) is 20.0. The van der Waals surface area contributed by atoms with E-state index in [1.54, 1.807) is 19.1 Å². The van der Waals surface area contributed by atoms with Gasteiger partial charge in [0.1, 0.15) is 5.75 Å². The molecule has 5 nitrogen and oxygen atoms in total. The molecule has 0 fully saturated rings. The summed E-state index contributed by atoms with van der Waals surface area (Å²) in [4.78, 5) is 24.4. The van der Waals surface area contributed by atoms with Gasteiger partial charge in [-0.05, 0) is 79.0 Å². The van der Waals surface area contributed by atoms with Crippen molar-refractivity contribution in [1.29, 1.82) is 0 Å². The van der Waals surface area contributed by atoms with Gasteiger partial charge >= 0.3 is 5.97 Å². The minimum Gasteiger partial charge on any atom is -0.479 e. The molecular formula is C20H22BrNO4. The van der Waals surface area contributed by atoms with Gasteiger partial charge in [-0.25, -0.2) is 4.79 Å². The van der Waals surface area contributed by atoms with Crippen molar-refractivity contribution in [2.24, 2.45) is 0 Å². The summed E-state index contributed by atoms with van der Waals surface area (Å²) in [6.45, 7) is 7.00. The van der Waals surface area contributed by atoms with E-state index in [0.717, 1.165) is 15.6 Å². The number of amides is 1. The average molecular weight is 420 g/mol. The third kappa shape index (κ3) is 5.59. The third-order valence-electron chi connectivity index (χ3n) is 3.68. The van der Waals surface area contributed by atoms with Crippen LogP contribution in [0.25, 0.3) is 0 Å². The molecule has 138 valence electrons. The number of ether oxygens (including phenoxy) is 2. The van der Waals surface area contributed by atoms with E-state index in [1.807, 2.05) is 44.2 Å². The standard InChI is InChI=1S/C20H22BrNO4/c1-12-6-5-7-16(10-12)25-15(4)20(24)26-14(3)19(23)22-18-9-8-13(2)11-17(18)21/h5-11,14-15H,1-4H3,(H,22,23)/t14-,15+/m0/s1. The van der Waals surface area contributed by atoms with Crippen LogP contribution in [0.3, 0.4) is 0 Å². The number of benzene rings is 2. The van der Waals surface area contributed by atoms with Crippen molar-refractivity contribution in [2.45, 2.75) is 39.9 Å². The fraction of sp³-hybridized carbons (Fsp3) is 0.300. The van der Waals surface area contributed by atoms with Crippen molar-refractivity contribution in [1.82, 2.24) is 0 Å². The predicted molar refractivity (Wildman–Crippen MR) is 104 cm³/mol. The molecule has 2 rings (SSSR count). The molecule has 0 saturated heterocycles. The van der Waals surface area contributed by atoms with Crippen LogP contribution in [-0.4, -0.2) is 24.1 Å². The topological polar surface area (TPSA) is 64.6 Å². The van der Waals surface area contributed by atoms with Gasteiger partial charge in [-0.3, -0.25) is 4.79 Å². The zero-order chi connectivity index (χ0) is 19.3. The lowest BCUT2D eigenvalue weighted by atomic mass is 10.2. The Kier molecular flexibility index (Phi) is 6.80. The molecular weight excluding hydrogens is 398 g/mol. The maximum Gasteiger partial charge on any atom is 0.347 e. The van der Waals surface area contributed by atoms with Gasteiger partial charge in [0.15, 0.2) is 12.2 Å². The smallest absolute Gasteiger partial charge is 0.347 e. The molecule has 0 aliphatic heterocycles. The molecule has 2 aromatic carbocycles. The van der Waals surface area contributed by atoms with E-state index in [9.17, 15) is 9.59 Å². The fourth-order valence-corrected chi connectivity index (χ4v) is 2.81. The maximum atomic E-state index is 12.3. The van der Waals surface area contributed by atoms with Gasteiger partial charge in [0.25, 0.3) is 5.91 Å². The SMILES string of the molecule is Cc1cccc(O[C@H](C)C(=O)O[C@@H](C)C(=O)Nc2ccc(C)cc2Br)c1. The second kappa shape index (κ2) is 8.85. The van der Waals surface area contributed by atoms with Crippen LogP contribution in [0.2, 0.25) is 0 Å². The quantitative estimate of drug-likeness (QED) is 0.704. The summed E-state index contributed by atoms with van der Waals surface area (Å²) in [5.74, 6) is -0.432. The van der Waals surface area contributed by atoms with Crippen LogP contribution < -0.4 is 10.1 Å². The number of hydrogen-bond acceptors (Lipinski definition) is 4. The van der Waals surface area contributed by atoms with Crippen molar-refractivity contribution in [3.8, 4) is 5.75 Å². The largest absolute Gasteiger partial charge is 0.479 e. The highest BCUT2D eigenvalue weighted by Gasteiger charge is 2.23. The lowest BCUT2D eigenvalue weighted by Gasteiger charge is -2.18. The van der Waals surface area contributed by atoms with Crippen LogP contribution in [-0.2, 0) is 14.3 Å². The van der Waals surface area contributed by atoms with Gasteiger partial charge in [0, 0.05) is 4.47 Å². The Morgan fingerprint density at radius 2 is 1.69 bits per heavy atom. The summed E-state index contributed by atoms with van der Waals surface area (Å²) in [5.41, 5.74) is 2.71. The molecule has 0 radical (unpaired) electrons. The van der Waals surface area contributed by atoms with E-state index in [1.165, 1.54) is 6.92 Å². The molecule has 26 heavy (non-hydrogen) atoms. The van der Waals surface area contributed by atoms with Gasteiger partial charge in [0.2, 0.25) is 0 Å². The number of hydrogen-bond donors (Lipinski definition) is 1. The minimum atomic E-state index is -0.945. The number of carbonyl (C=O) groups excluding carboxylic acids is 2. The highest BCUT2D eigenvalue weighted by Crippen LogP contribution is 2.23.